The van der Waals surface area contributed by atoms with Crippen molar-refractivity contribution in [1.29, 1.82) is 0 Å². The first-order valence-electron chi connectivity index (χ1n) is 10.0. The molecule has 1 heterocycles. The van der Waals surface area contributed by atoms with Crippen molar-refractivity contribution in [3.8, 4) is 5.75 Å². The Labute approximate surface area is 177 Å². The third-order valence-electron chi connectivity index (χ3n) is 5.23. The van der Waals surface area contributed by atoms with E-state index in [1.54, 1.807) is 26.3 Å². The number of ether oxygens (including phenoxy) is 1. The molecule has 2 aromatic carbocycles. The summed E-state index contributed by atoms with van der Waals surface area (Å²) in [6.07, 6.45) is 2.70. The van der Waals surface area contributed by atoms with Gasteiger partial charge in [0.25, 0.3) is 0 Å². The van der Waals surface area contributed by atoms with Crippen LogP contribution in [0.25, 0.3) is 10.9 Å². The highest BCUT2D eigenvalue weighted by atomic mass is 19.1. The van der Waals surface area contributed by atoms with Gasteiger partial charge in [-0.3, -0.25) is 4.99 Å². The van der Waals surface area contributed by atoms with Gasteiger partial charge < -0.3 is 25.3 Å². The van der Waals surface area contributed by atoms with Crippen LogP contribution in [0, 0.1) is 5.82 Å². The Morgan fingerprint density at radius 1 is 1.17 bits per heavy atom. The Morgan fingerprint density at radius 3 is 2.60 bits per heavy atom. The largest absolute Gasteiger partial charge is 0.497 e. The first-order valence-corrected chi connectivity index (χ1v) is 10.0. The molecule has 3 aromatic rings. The predicted molar refractivity (Wildman–Crippen MR) is 121 cm³/mol. The minimum Gasteiger partial charge on any atom is -0.497 e. The van der Waals surface area contributed by atoms with Gasteiger partial charge in [-0.2, -0.15) is 0 Å². The van der Waals surface area contributed by atoms with Crippen molar-refractivity contribution in [1.82, 2.24) is 20.5 Å². The van der Waals surface area contributed by atoms with Crippen molar-refractivity contribution in [3.05, 3.63) is 65.6 Å². The zero-order valence-corrected chi connectivity index (χ0v) is 18.0. The number of nitrogens with one attached hydrogen (secondary N) is 3. The molecule has 30 heavy (non-hydrogen) atoms. The lowest BCUT2D eigenvalue weighted by Crippen LogP contribution is -2.42. The summed E-state index contributed by atoms with van der Waals surface area (Å²) < 4.78 is 18.8. The van der Waals surface area contributed by atoms with Crippen LogP contribution in [0.3, 0.4) is 0 Å². The van der Waals surface area contributed by atoms with E-state index < -0.39 is 0 Å². The second-order valence-electron chi connectivity index (χ2n) is 7.39. The van der Waals surface area contributed by atoms with E-state index in [4.69, 9.17) is 4.74 Å². The van der Waals surface area contributed by atoms with Crippen molar-refractivity contribution in [2.45, 2.75) is 12.5 Å². The first-order chi connectivity index (χ1) is 14.5. The van der Waals surface area contributed by atoms with Gasteiger partial charge in [0, 0.05) is 37.2 Å². The smallest absolute Gasteiger partial charge is 0.191 e. The van der Waals surface area contributed by atoms with Crippen molar-refractivity contribution in [2.24, 2.45) is 4.99 Å². The van der Waals surface area contributed by atoms with Crippen molar-refractivity contribution < 1.29 is 9.13 Å². The molecule has 1 atom stereocenters. The highest BCUT2D eigenvalue weighted by Crippen LogP contribution is 2.21. The van der Waals surface area contributed by atoms with Gasteiger partial charge in [-0.15, -0.1) is 0 Å². The summed E-state index contributed by atoms with van der Waals surface area (Å²) in [6, 6.07) is 13.1. The van der Waals surface area contributed by atoms with E-state index in [0.29, 0.717) is 13.1 Å². The number of hydrogen-bond acceptors (Lipinski definition) is 3. The van der Waals surface area contributed by atoms with Crippen LogP contribution in [0.2, 0.25) is 0 Å². The van der Waals surface area contributed by atoms with E-state index in [1.165, 1.54) is 11.6 Å². The third kappa shape index (κ3) is 5.30. The lowest BCUT2D eigenvalue weighted by molar-refractivity contribution is 0.298. The number of nitrogens with zero attached hydrogens (tertiary/aromatic N) is 2. The molecule has 3 N–H and O–H groups in total. The highest BCUT2D eigenvalue weighted by molar-refractivity contribution is 5.83. The molecule has 1 aromatic heterocycles. The van der Waals surface area contributed by atoms with Gasteiger partial charge in [-0.25, -0.2) is 4.39 Å². The Morgan fingerprint density at radius 2 is 1.93 bits per heavy atom. The van der Waals surface area contributed by atoms with Crippen LogP contribution < -0.4 is 15.4 Å². The quantitative estimate of drug-likeness (QED) is 0.393. The first kappa shape index (κ1) is 21.6. The Hall–Kier alpha value is -3.06. The molecule has 0 spiro atoms. The fourth-order valence-electron chi connectivity index (χ4n) is 3.51. The fourth-order valence-corrected chi connectivity index (χ4v) is 3.51. The second-order valence-corrected chi connectivity index (χ2v) is 7.39. The van der Waals surface area contributed by atoms with Crippen molar-refractivity contribution >= 4 is 16.9 Å². The summed E-state index contributed by atoms with van der Waals surface area (Å²) in [5.41, 5.74) is 3.23. The summed E-state index contributed by atoms with van der Waals surface area (Å²) in [5.74, 6) is 1.36. The zero-order valence-electron chi connectivity index (χ0n) is 18.0. The highest BCUT2D eigenvalue weighted by Gasteiger charge is 2.15. The molecule has 3 rings (SSSR count). The number of methoxy groups -OCH3 is 1. The Kier molecular flexibility index (Phi) is 7.30. The average molecular weight is 412 g/mol. The Balaban J connectivity index is 1.55. The van der Waals surface area contributed by atoms with Gasteiger partial charge in [0.05, 0.1) is 13.2 Å². The summed E-state index contributed by atoms with van der Waals surface area (Å²) in [5, 5.41) is 7.67. The third-order valence-corrected chi connectivity index (χ3v) is 5.23. The van der Waals surface area contributed by atoms with Gasteiger partial charge in [0.2, 0.25) is 0 Å². The summed E-state index contributed by atoms with van der Waals surface area (Å²) in [4.78, 5) is 9.68. The molecule has 0 radical (unpaired) electrons. The van der Waals surface area contributed by atoms with Crippen molar-refractivity contribution in [3.63, 3.8) is 0 Å². The molecule has 0 saturated carbocycles. The maximum Gasteiger partial charge on any atom is 0.191 e. The molecule has 0 aliphatic rings. The van der Waals surface area contributed by atoms with E-state index in [-0.39, 0.29) is 11.9 Å². The van der Waals surface area contributed by atoms with Crippen LogP contribution in [0.15, 0.2) is 53.7 Å². The van der Waals surface area contributed by atoms with E-state index >= 15 is 0 Å². The molecule has 0 bridgehead atoms. The van der Waals surface area contributed by atoms with E-state index in [9.17, 15) is 4.39 Å². The van der Waals surface area contributed by atoms with Gasteiger partial charge in [0.15, 0.2) is 5.96 Å². The lowest BCUT2D eigenvalue weighted by atomic mass is 10.1. The number of H-pyrrole nitrogens is 1. The number of likely N-dealkylation sites (N-methyl/N-ethyl adjacent to an activating group) is 1. The maximum absolute atomic E-state index is 13.6. The molecule has 6 nitrogen and oxygen atoms in total. The van der Waals surface area contributed by atoms with Gasteiger partial charge in [-0.05, 0) is 62.0 Å². The number of benzene rings is 2. The average Bonchev–Trinajstić information content (AvgIpc) is 3.14. The molecule has 7 heteroatoms. The number of guanidine groups is 1. The Bertz CT molecular complexity index is 981. The van der Waals surface area contributed by atoms with Gasteiger partial charge >= 0.3 is 0 Å². The summed E-state index contributed by atoms with van der Waals surface area (Å²) in [7, 11) is 7.54. The molecule has 1 unspecified atom stereocenters. The van der Waals surface area contributed by atoms with Crippen LogP contribution in [0.4, 0.5) is 4.39 Å². The van der Waals surface area contributed by atoms with E-state index in [1.807, 2.05) is 18.3 Å². The minimum atomic E-state index is -0.220. The maximum atomic E-state index is 13.6. The van der Waals surface area contributed by atoms with E-state index in [2.05, 4.69) is 51.7 Å². The molecule has 0 aliphatic heterocycles. The number of halogens is 1. The summed E-state index contributed by atoms with van der Waals surface area (Å²) >= 11 is 0. The summed E-state index contributed by atoms with van der Waals surface area (Å²) in [6.45, 7) is 1.40. The number of aromatic nitrogens is 1. The van der Waals surface area contributed by atoms with Gasteiger partial charge in [0.1, 0.15) is 11.6 Å². The fraction of sp³-hybridized carbons (Fsp3) is 0.348. The monoisotopic (exact) mass is 411 g/mol. The number of aromatic amines is 1. The van der Waals surface area contributed by atoms with Crippen LogP contribution >= 0.6 is 0 Å². The van der Waals surface area contributed by atoms with Crippen LogP contribution in [-0.4, -0.2) is 57.2 Å². The molecular formula is C23H30FN5O. The van der Waals surface area contributed by atoms with E-state index in [0.717, 1.165) is 34.6 Å². The van der Waals surface area contributed by atoms with Crippen LogP contribution in [0.5, 0.6) is 5.75 Å². The second kappa shape index (κ2) is 10.1. The molecule has 0 amide bonds. The number of aliphatic imine (C=N–C) groups is 1. The predicted octanol–water partition coefficient (Wildman–Crippen LogP) is 3.33. The van der Waals surface area contributed by atoms with Gasteiger partial charge in [-0.1, -0.05) is 12.1 Å². The number of hydrogen-bond donors (Lipinski definition) is 3. The number of fused-ring (bicyclic) bond motifs is 1. The zero-order chi connectivity index (χ0) is 21.5. The molecule has 0 aliphatic carbocycles. The number of rotatable bonds is 8. The SMILES string of the molecule is CN=C(NCCc1c[nH]c2ccc(F)cc12)NCC(c1ccc(OC)cc1)N(C)C. The molecule has 160 valence electrons. The molecule has 0 fully saturated rings. The van der Waals surface area contributed by atoms with Crippen molar-refractivity contribution in [2.75, 3.05) is 41.3 Å². The lowest BCUT2D eigenvalue weighted by Gasteiger charge is -2.26. The molecular weight excluding hydrogens is 381 g/mol. The van der Waals surface area contributed by atoms with Crippen LogP contribution in [-0.2, 0) is 6.42 Å². The topological polar surface area (TPSA) is 64.7 Å². The minimum absolute atomic E-state index is 0.186. The van der Waals surface area contributed by atoms with Crippen LogP contribution in [0.1, 0.15) is 17.2 Å². The molecule has 0 saturated heterocycles. The normalized spacial score (nSPS) is 12.9. The standard InChI is InChI=1S/C23H30FN5O/c1-25-23(26-12-11-17-14-27-21-10-7-18(24)13-20(17)21)28-15-22(29(2)3)16-5-8-19(30-4)9-6-16/h5-10,13-14,22,27H,11-12,15H2,1-4H3,(H2,25,26,28).